The topological polar surface area (TPSA) is 122 Å². The first-order chi connectivity index (χ1) is 14.5. The number of aromatic nitrogens is 4. The SMILES string of the molecule is CCCCOc1nc2c([nH]c(=O)n2CCCCN2CCC(C(=O)OC)CC2)c(=O)[nH]1. The van der Waals surface area contributed by atoms with Crippen LogP contribution >= 0.6 is 0 Å². The number of hydrogen-bond donors (Lipinski definition) is 2. The monoisotopic (exact) mass is 421 g/mol. The third-order valence-electron chi connectivity index (χ3n) is 5.58. The van der Waals surface area contributed by atoms with Gasteiger partial charge < -0.3 is 14.4 Å². The minimum Gasteiger partial charge on any atom is -0.469 e. The van der Waals surface area contributed by atoms with Crippen molar-refractivity contribution < 1.29 is 14.3 Å². The van der Waals surface area contributed by atoms with E-state index in [-0.39, 0.29) is 29.1 Å². The van der Waals surface area contributed by atoms with Gasteiger partial charge in [0.25, 0.3) is 11.6 Å². The van der Waals surface area contributed by atoms with Crippen molar-refractivity contribution in [2.45, 2.75) is 52.0 Å². The second-order valence-corrected chi connectivity index (χ2v) is 7.70. The van der Waals surface area contributed by atoms with Gasteiger partial charge in [0.1, 0.15) is 0 Å². The number of hydrogen-bond acceptors (Lipinski definition) is 7. The highest BCUT2D eigenvalue weighted by molar-refractivity contribution is 5.72. The van der Waals surface area contributed by atoms with E-state index in [9.17, 15) is 14.4 Å². The first-order valence-electron chi connectivity index (χ1n) is 10.7. The maximum Gasteiger partial charge on any atom is 0.327 e. The lowest BCUT2D eigenvalue weighted by Crippen LogP contribution is -2.37. The lowest BCUT2D eigenvalue weighted by atomic mass is 9.97. The number of fused-ring (bicyclic) bond motifs is 1. The predicted molar refractivity (Wildman–Crippen MR) is 112 cm³/mol. The molecule has 0 spiro atoms. The summed E-state index contributed by atoms with van der Waals surface area (Å²) in [5.74, 6) is -0.108. The molecule has 0 aromatic carbocycles. The van der Waals surface area contributed by atoms with Crippen LogP contribution in [-0.4, -0.2) is 63.7 Å². The maximum atomic E-state index is 12.3. The molecule has 0 atom stereocenters. The second-order valence-electron chi connectivity index (χ2n) is 7.70. The zero-order valence-corrected chi connectivity index (χ0v) is 17.7. The number of H-pyrrole nitrogens is 2. The molecule has 30 heavy (non-hydrogen) atoms. The molecule has 2 aromatic heterocycles. The molecule has 0 bridgehead atoms. The Labute approximate surface area is 174 Å². The molecule has 166 valence electrons. The Balaban J connectivity index is 1.54. The Bertz CT molecular complexity index is 955. The molecule has 3 rings (SSSR count). The fourth-order valence-electron chi connectivity index (χ4n) is 3.77. The molecule has 0 unspecified atom stereocenters. The molecule has 3 heterocycles. The normalized spacial score (nSPS) is 15.5. The number of nitrogens with one attached hydrogen (secondary N) is 2. The number of esters is 1. The smallest absolute Gasteiger partial charge is 0.327 e. The van der Waals surface area contributed by atoms with Crippen molar-refractivity contribution in [3.8, 4) is 6.01 Å². The number of carbonyl (C=O) groups excluding carboxylic acids is 1. The molecule has 2 aromatic rings. The molecule has 0 saturated carbocycles. The van der Waals surface area contributed by atoms with Crippen LogP contribution in [0.3, 0.4) is 0 Å². The molecule has 10 nitrogen and oxygen atoms in total. The van der Waals surface area contributed by atoms with Gasteiger partial charge in [-0.2, -0.15) is 4.98 Å². The van der Waals surface area contributed by atoms with Crippen LogP contribution in [0.2, 0.25) is 0 Å². The lowest BCUT2D eigenvalue weighted by molar-refractivity contribution is -0.147. The molecular formula is C20H31N5O5. The van der Waals surface area contributed by atoms with Crippen LogP contribution in [0.4, 0.5) is 0 Å². The van der Waals surface area contributed by atoms with Gasteiger partial charge in [0.05, 0.1) is 19.6 Å². The number of likely N-dealkylation sites (tertiary alicyclic amines) is 1. The number of imidazole rings is 1. The molecular weight excluding hydrogens is 390 g/mol. The summed E-state index contributed by atoms with van der Waals surface area (Å²) in [5, 5.41) is 0. The summed E-state index contributed by atoms with van der Waals surface area (Å²) in [6, 6.07) is 0.141. The number of nitrogens with zero attached hydrogens (tertiary/aromatic N) is 3. The quantitative estimate of drug-likeness (QED) is 0.437. The number of aromatic amines is 2. The van der Waals surface area contributed by atoms with Crippen molar-refractivity contribution in [3.05, 3.63) is 20.8 Å². The molecule has 1 saturated heterocycles. The van der Waals surface area contributed by atoms with Crippen molar-refractivity contribution >= 4 is 17.1 Å². The molecule has 1 aliphatic rings. The van der Waals surface area contributed by atoms with Crippen molar-refractivity contribution in [2.75, 3.05) is 33.4 Å². The van der Waals surface area contributed by atoms with E-state index in [0.717, 1.165) is 58.2 Å². The number of aryl methyl sites for hydroxylation is 1. The van der Waals surface area contributed by atoms with Crippen molar-refractivity contribution in [1.82, 2.24) is 24.4 Å². The average Bonchev–Trinajstić information content (AvgIpc) is 3.07. The van der Waals surface area contributed by atoms with Crippen LogP contribution < -0.4 is 16.0 Å². The van der Waals surface area contributed by atoms with Crippen molar-refractivity contribution in [3.63, 3.8) is 0 Å². The predicted octanol–water partition coefficient (Wildman–Crippen LogP) is 1.26. The van der Waals surface area contributed by atoms with Gasteiger partial charge >= 0.3 is 11.7 Å². The Kier molecular flexibility index (Phi) is 7.67. The van der Waals surface area contributed by atoms with Gasteiger partial charge in [0, 0.05) is 6.54 Å². The van der Waals surface area contributed by atoms with Crippen LogP contribution in [0.5, 0.6) is 6.01 Å². The number of rotatable bonds is 10. The van der Waals surface area contributed by atoms with Gasteiger partial charge in [-0.05, 0) is 51.7 Å². The maximum absolute atomic E-state index is 12.3. The molecule has 1 fully saturated rings. The van der Waals surface area contributed by atoms with E-state index in [0.29, 0.717) is 18.8 Å². The summed E-state index contributed by atoms with van der Waals surface area (Å²) in [5.41, 5.74) is -0.245. The zero-order chi connectivity index (χ0) is 21.5. The minimum atomic E-state index is -0.407. The van der Waals surface area contributed by atoms with Gasteiger partial charge in [-0.25, -0.2) is 4.79 Å². The molecule has 0 aliphatic carbocycles. The van der Waals surface area contributed by atoms with E-state index in [4.69, 9.17) is 9.47 Å². The summed E-state index contributed by atoms with van der Waals surface area (Å²) in [4.78, 5) is 48.0. The van der Waals surface area contributed by atoms with E-state index >= 15 is 0 Å². The van der Waals surface area contributed by atoms with Gasteiger partial charge in [0.2, 0.25) is 0 Å². The highest BCUT2D eigenvalue weighted by atomic mass is 16.5. The van der Waals surface area contributed by atoms with Crippen LogP contribution in [0.15, 0.2) is 9.59 Å². The number of piperidine rings is 1. The Hall–Kier alpha value is -2.62. The second kappa shape index (κ2) is 10.4. The number of ether oxygens (including phenoxy) is 2. The molecule has 10 heteroatoms. The van der Waals surface area contributed by atoms with E-state index in [1.165, 1.54) is 11.7 Å². The van der Waals surface area contributed by atoms with E-state index in [1.54, 1.807) is 0 Å². The highest BCUT2D eigenvalue weighted by Gasteiger charge is 2.25. The van der Waals surface area contributed by atoms with E-state index in [2.05, 4.69) is 19.9 Å². The van der Waals surface area contributed by atoms with Crippen LogP contribution in [0.25, 0.3) is 11.2 Å². The van der Waals surface area contributed by atoms with Crippen molar-refractivity contribution in [1.29, 1.82) is 0 Å². The highest BCUT2D eigenvalue weighted by Crippen LogP contribution is 2.18. The average molecular weight is 421 g/mol. The summed E-state index contributed by atoms with van der Waals surface area (Å²) in [7, 11) is 1.43. The fourth-order valence-corrected chi connectivity index (χ4v) is 3.77. The Morgan fingerprint density at radius 1 is 1.13 bits per heavy atom. The number of methoxy groups -OCH3 is 1. The van der Waals surface area contributed by atoms with E-state index in [1.807, 2.05) is 6.92 Å². The van der Waals surface area contributed by atoms with Gasteiger partial charge in [0.15, 0.2) is 11.2 Å². The Morgan fingerprint density at radius 3 is 2.57 bits per heavy atom. The number of unbranched alkanes of at least 4 members (excludes halogenated alkanes) is 2. The third kappa shape index (κ3) is 5.29. The van der Waals surface area contributed by atoms with Gasteiger partial charge in [-0.1, -0.05) is 13.3 Å². The van der Waals surface area contributed by atoms with Crippen LogP contribution in [0, 0.1) is 5.92 Å². The summed E-state index contributed by atoms with van der Waals surface area (Å²) < 4.78 is 11.8. The summed E-state index contributed by atoms with van der Waals surface area (Å²) >= 11 is 0. The summed E-state index contributed by atoms with van der Waals surface area (Å²) in [6.07, 6.45) is 5.17. The largest absolute Gasteiger partial charge is 0.469 e. The van der Waals surface area contributed by atoms with Gasteiger partial charge in [-0.3, -0.25) is 24.1 Å². The molecule has 0 amide bonds. The Morgan fingerprint density at radius 2 is 1.87 bits per heavy atom. The van der Waals surface area contributed by atoms with Crippen LogP contribution in [-0.2, 0) is 16.1 Å². The standard InChI is InChI=1S/C20H31N5O5/c1-3-4-13-30-19-22-16-15(17(26)23-19)21-20(28)25(16)10-6-5-9-24-11-7-14(8-12-24)18(27)29-2/h14H,3-13H2,1-2H3,(H,21,28)(H,22,23,26). The minimum absolute atomic E-state index is 0.00829. The number of carbonyl (C=O) groups is 1. The first kappa shape index (κ1) is 22.1. The third-order valence-corrected chi connectivity index (χ3v) is 5.58. The van der Waals surface area contributed by atoms with Crippen molar-refractivity contribution in [2.24, 2.45) is 5.92 Å². The van der Waals surface area contributed by atoms with Crippen LogP contribution in [0.1, 0.15) is 45.4 Å². The lowest BCUT2D eigenvalue weighted by Gasteiger charge is -2.30. The molecule has 1 aliphatic heterocycles. The molecule has 2 N–H and O–H groups in total. The zero-order valence-electron chi connectivity index (χ0n) is 17.7. The van der Waals surface area contributed by atoms with E-state index < -0.39 is 5.56 Å². The molecule has 0 radical (unpaired) electrons. The van der Waals surface area contributed by atoms with Gasteiger partial charge in [-0.15, -0.1) is 0 Å². The summed E-state index contributed by atoms with van der Waals surface area (Å²) in [6.45, 7) is 5.65. The fraction of sp³-hybridized carbons (Fsp3) is 0.700. The first-order valence-corrected chi connectivity index (χ1v) is 10.7.